The molecule has 0 fully saturated rings. The van der Waals surface area contributed by atoms with Gasteiger partial charge in [-0.2, -0.15) is 5.26 Å². The Morgan fingerprint density at radius 3 is 2.29 bits per heavy atom. The minimum atomic E-state index is 0.557. The summed E-state index contributed by atoms with van der Waals surface area (Å²) in [6, 6.07) is 8.30. The van der Waals surface area contributed by atoms with Crippen LogP contribution in [0.25, 0.3) is 0 Å². The lowest BCUT2D eigenvalue weighted by molar-refractivity contribution is 0.535. The lowest BCUT2D eigenvalue weighted by atomic mass is 9.89. The van der Waals surface area contributed by atoms with Crippen LogP contribution in [0, 0.1) is 24.2 Å². The topological polar surface area (TPSA) is 23.8 Å². The van der Waals surface area contributed by atoms with E-state index in [2.05, 4.69) is 39.0 Å². The fourth-order valence-corrected chi connectivity index (χ4v) is 1.48. The summed E-state index contributed by atoms with van der Waals surface area (Å²) in [4.78, 5) is 0. The van der Waals surface area contributed by atoms with Crippen molar-refractivity contribution < 1.29 is 0 Å². The molecule has 0 radical (unpaired) electrons. The molecule has 0 aliphatic heterocycles. The Morgan fingerprint density at radius 2 is 1.86 bits per heavy atom. The molecule has 0 saturated heterocycles. The average Bonchev–Trinajstić information content (AvgIpc) is 2.16. The van der Waals surface area contributed by atoms with Crippen LogP contribution < -0.4 is 0 Å². The second-order valence-electron chi connectivity index (χ2n) is 4.22. The fourth-order valence-electron chi connectivity index (χ4n) is 1.48. The Balaban J connectivity index is 3.04. The molecule has 0 aliphatic rings. The van der Waals surface area contributed by atoms with Gasteiger partial charge in [0, 0.05) is 0 Å². The van der Waals surface area contributed by atoms with Gasteiger partial charge in [-0.3, -0.25) is 0 Å². The average molecular weight is 187 g/mol. The summed E-state index contributed by atoms with van der Waals surface area (Å²) in [6.07, 6.45) is 0. The maximum Gasteiger partial charge on any atom is 0.0994 e. The molecular weight excluding hydrogens is 170 g/mol. The Hall–Kier alpha value is -1.29. The molecule has 1 aromatic carbocycles. The molecular formula is C13H17N. The zero-order chi connectivity index (χ0) is 10.7. The van der Waals surface area contributed by atoms with Crippen LogP contribution in [0.5, 0.6) is 0 Å². The van der Waals surface area contributed by atoms with Crippen molar-refractivity contribution in [1.29, 1.82) is 5.26 Å². The van der Waals surface area contributed by atoms with Crippen LogP contribution in [0.3, 0.4) is 0 Å². The molecule has 0 aliphatic carbocycles. The van der Waals surface area contributed by atoms with Crippen molar-refractivity contribution in [2.75, 3.05) is 0 Å². The molecule has 0 amide bonds. The number of hydrogen-bond donors (Lipinski definition) is 0. The van der Waals surface area contributed by atoms with Crippen molar-refractivity contribution in [2.24, 2.45) is 5.92 Å². The van der Waals surface area contributed by atoms with E-state index in [1.54, 1.807) is 0 Å². The summed E-state index contributed by atoms with van der Waals surface area (Å²) in [6.45, 7) is 8.66. The maximum atomic E-state index is 8.81. The fraction of sp³-hybridized carbons (Fsp3) is 0.462. The summed E-state index contributed by atoms with van der Waals surface area (Å²) >= 11 is 0. The van der Waals surface area contributed by atoms with E-state index < -0.39 is 0 Å². The Bertz CT molecular complexity index is 358. The molecule has 14 heavy (non-hydrogen) atoms. The normalized spacial score (nSPS) is 12.6. The van der Waals surface area contributed by atoms with Crippen LogP contribution in [-0.4, -0.2) is 0 Å². The third-order valence-corrected chi connectivity index (χ3v) is 2.90. The summed E-state index contributed by atoms with van der Waals surface area (Å²) in [7, 11) is 0. The van der Waals surface area contributed by atoms with Crippen LogP contribution in [0.2, 0.25) is 0 Å². The predicted molar refractivity (Wildman–Crippen MR) is 59.1 cm³/mol. The van der Waals surface area contributed by atoms with Crippen LogP contribution in [0.4, 0.5) is 0 Å². The Morgan fingerprint density at radius 1 is 1.21 bits per heavy atom. The molecule has 0 saturated carbocycles. The van der Waals surface area contributed by atoms with Gasteiger partial charge in [0.05, 0.1) is 11.6 Å². The lowest BCUT2D eigenvalue weighted by Gasteiger charge is -2.16. The lowest BCUT2D eigenvalue weighted by Crippen LogP contribution is -2.02. The van der Waals surface area contributed by atoms with Gasteiger partial charge in [0.15, 0.2) is 0 Å². The van der Waals surface area contributed by atoms with Gasteiger partial charge < -0.3 is 0 Å². The van der Waals surface area contributed by atoms with Gasteiger partial charge in [-0.05, 0) is 36.0 Å². The smallest absolute Gasteiger partial charge is 0.0994 e. The molecule has 0 unspecified atom stereocenters. The largest absolute Gasteiger partial charge is 0.192 e. The van der Waals surface area contributed by atoms with Gasteiger partial charge >= 0.3 is 0 Å². The van der Waals surface area contributed by atoms with Gasteiger partial charge in [0.2, 0.25) is 0 Å². The van der Waals surface area contributed by atoms with E-state index in [4.69, 9.17) is 5.26 Å². The van der Waals surface area contributed by atoms with Crippen LogP contribution in [0.15, 0.2) is 18.2 Å². The molecule has 1 rings (SSSR count). The summed E-state index contributed by atoms with van der Waals surface area (Å²) in [5.74, 6) is 1.20. The van der Waals surface area contributed by atoms with Gasteiger partial charge in [-0.25, -0.2) is 0 Å². The van der Waals surface area contributed by atoms with E-state index in [-0.39, 0.29) is 0 Å². The van der Waals surface area contributed by atoms with Crippen molar-refractivity contribution in [3.8, 4) is 6.07 Å². The molecule has 0 aromatic heterocycles. The van der Waals surface area contributed by atoms with Crippen LogP contribution in [0.1, 0.15) is 43.4 Å². The highest BCUT2D eigenvalue weighted by Crippen LogP contribution is 2.25. The number of nitrogens with zero attached hydrogens (tertiary/aromatic N) is 1. The van der Waals surface area contributed by atoms with Crippen LogP contribution >= 0.6 is 0 Å². The predicted octanol–water partition coefficient (Wildman–Crippen LogP) is 3.63. The zero-order valence-electron chi connectivity index (χ0n) is 9.33. The minimum absolute atomic E-state index is 0.557. The van der Waals surface area contributed by atoms with Gasteiger partial charge in [0.1, 0.15) is 0 Å². The molecule has 1 heteroatoms. The standard InChI is InChI=1S/C13H17N/c1-9(2)11(4)12-5-6-13(8-14)10(3)7-12/h5-7,9,11H,1-4H3/t11-/m0/s1. The molecule has 0 N–H and O–H groups in total. The van der Waals surface area contributed by atoms with Crippen LogP contribution in [-0.2, 0) is 0 Å². The van der Waals surface area contributed by atoms with Crippen molar-refractivity contribution in [3.05, 3.63) is 34.9 Å². The molecule has 74 valence electrons. The summed E-state index contributed by atoms with van der Waals surface area (Å²) < 4.78 is 0. The molecule has 0 spiro atoms. The highest BCUT2D eigenvalue weighted by molar-refractivity contribution is 5.40. The second kappa shape index (κ2) is 4.28. The quantitative estimate of drug-likeness (QED) is 0.693. The van der Waals surface area contributed by atoms with E-state index in [0.717, 1.165) is 11.1 Å². The van der Waals surface area contributed by atoms with Crippen molar-refractivity contribution in [2.45, 2.75) is 33.6 Å². The molecule has 1 atom stereocenters. The molecule has 1 aromatic rings. The SMILES string of the molecule is Cc1cc([C@@H](C)C(C)C)ccc1C#N. The van der Waals surface area contributed by atoms with E-state index >= 15 is 0 Å². The first-order valence-corrected chi connectivity index (χ1v) is 5.07. The number of benzene rings is 1. The summed E-state index contributed by atoms with van der Waals surface area (Å²) in [5, 5.41) is 8.81. The Kier molecular flexibility index (Phi) is 3.30. The minimum Gasteiger partial charge on any atom is -0.192 e. The first-order chi connectivity index (χ1) is 6.56. The third-order valence-electron chi connectivity index (χ3n) is 2.90. The summed E-state index contributed by atoms with van der Waals surface area (Å²) in [5.41, 5.74) is 3.19. The second-order valence-corrected chi connectivity index (χ2v) is 4.22. The maximum absolute atomic E-state index is 8.81. The highest BCUT2D eigenvalue weighted by Gasteiger charge is 2.10. The Labute approximate surface area is 86.4 Å². The number of nitriles is 1. The number of hydrogen-bond acceptors (Lipinski definition) is 1. The zero-order valence-corrected chi connectivity index (χ0v) is 9.33. The number of aryl methyl sites for hydroxylation is 1. The van der Waals surface area contributed by atoms with Gasteiger partial charge in [-0.15, -0.1) is 0 Å². The van der Waals surface area contributed by atoms with Crippen molar-refractivity contribution in [1.82, 2.24) is 0 Å². The van der Waals surface area contributed by atoms with Crippen molar-refractivity contribution in [3.63, 3.8) is 0 Å². The molecule has 1 nitrogen and oxygen atoms in total. The number of rotatable bonds is 2. The highest BCUT2D eigenvalue weighted by atomic mass is 14.2. The third kappa shape index (κ3) is 2.14. The molecule has 0 bridgehead atoms. The van der Waals surface area contributed by atoms with Crippen molar-refractivity contribution >= 4 is 0 Å². The van der Waals surface area contributed by atoms with E-state index in [0.29, 0.717) is 11.8 Å². The first kappa shape index (κ1) is 10.8. The van der Waals surface area contributed by atoms with E-state index in [1.165, 1.54) is 5.56 Å². The monoisotopic (exact) mass is 187 g/mol. The molecule has 0 heterocycles. The van der Waals surface area contributed by atoms with Gasteiger partial charge in [-0.1, -0.05) is 32.9 Å². The first-order valence-electron chi connectivity index (χ1n) is 5.07. The van der Waals surface area contributed by atoms with E-state index in [9.17, 15) is 0 Å². The van der Waals surface area contributed by atoms with Gasteiger partial charge in [0.25, 0.3) is 0 Å². The van der Waals surface area contributed by atoms with E-state index in [1.807, 2.05) is 13.0 Å².